The number of fused-ring (bicyclic) bond motifs is 1. The summed E-state index contributed by atoms with van der Waals surface area (Å²) in [6, 6.07) is 16.3. The fourth-order valence-corrected chi connectivity index (χ4v) is 4.54. The molecule has 3 aromatic rings. The Labute approximate surface area is 177 Å². The zero-order valence-electron chi connectivity index (χ0n) is 16.8. The molecule has 2 heterocycles. The number of benzene rings is 2. The Morgan fingerprint density at radius 2 is 1.80 bits per heavy atom. The van der Waals surface area contributed by atoms with Gasteiger partial charge in [0.25, 0.3) is 5.56 Å². The molecule has 0 unspecified atom stereocenters. The molecule has 0 aliphatic carbocycles. The van der Waals surface area contributed by atoms with Crippen LogP contribution in [0.1, 0.15) is 24.1 Å². The van der Waals surface area contributed by atoms with E-state index in [0.717, 1.165) is 16.9 Å². The van der Waals surface area contributed by atoms with Gasteiger partial charge in [-0.05, 0) is 36.3 Å². The average Bonchev–Trinajstić information content (AvgIpc) is 3.08. The van der Waals surface area contributed by atoms with Crippen molar-refractivity contribution in [3.8, 4) is 5.75 Å². The van der Waals surface area contributed by atoms with Crippen molar-refractivity contribution in [2.45, 2.75) is 13.0 Å². The maximum absolute atomic E-state index is 13.4. The molecule has 1 aromatic heterocycles. The third-order valence-corrected chi connectivity index (χ3v) is 5.94. The first-order valence-corrected chi connectivity index (χ1v) is 10.1. The fourth-order valence-electron chi connectivity index (χ4n) is 3.49. The molecular formula is C23H20N2O4S. The molecular weight excluding hydrogens is 400 g/mol. The van der Waals surface area contributed by atoms with E-state index in [4.69, 9.17) is 9.47 Å². The van der Waals surface area contributed by atoms with E-state index in [1.807, 2.05) is 60.7 Å². The van der Waals surface area contributed by atoms with Crippen LogP contribution in [0, 0.1) is 0 Å². The van der Waals surface area contributed by atoms with Crippen molar-refractivity contribution in [3.05, 3.63) is 96.7 Å². The van der Waals surface area contributed by atoms with E-state index in [0.29, 0.717) is 20.6 Å². The number of carbonyl (C=O) groups is 1. The smallest absolute Gasteiger partial charge is 0.338 e. The van der Waals surface area contributed by atoms with Crippen LogP contribution >= 0.6 is 11.3 Å². The Bertz CT molecular complexity index is 1300. The van der Waals surface area contributed by atoms with Crippen LogP contribution in [0.15, 0.2) is 75.7 Å². The average molecular weight is 420 g/mol. The van der Waals surface area contributed by atoms with E-state index in [1.165, 1.54) is 18.4 Å². The summed E-state index contributed by atoms with van der Waals surface area (Å²) in [7, 11) is 2.94. The van der Waals surface area contributed by atoms with Gasteiger partial charge in [0.1, 0.15) is 5.75 Å². The van der Waals surface area contributed by atoms with Gasteiger partial charge in [-0.1, -0.05) is 53.8 Å². The molecule has 0 saturated carbocycles. The number of thiazole rings is 1. The number of carbonyl (C=O) groups excluding carboxylic acids is 1. The van der Waals surface area contributed by atoms with Crippen molar-refractivity contribution < 1.29 is 14.3 Å². The third kappa shape index (κ3) is 3.48. The van der Waals surface area contributed by atoms with Crippen molar-refractivity contribution in [2.24, 2.45) is 4.99 Å². The lowest BCUT2D eigenvalue weighted by molar-refractivity contribution is -0.136. The van der Waals surface area contributed by atoms with Crippen LogP contribution in [0.3, 0.4) is 0 Å². The number of allylic oxidation sites excluding steroid dienone is 1. The van der Waals surface area contributed by atoms with Gasteiger partial charge < -0.3 is 9.47 Å². The second kappa shape index (κ2) is 8.12. The number of rotatable bonds is 4. The second-order valence-corrected chi connectivity index (χ2v) is 7.77. The van der Waals surface area contributed by atoms with Crippen molar-refractivity contribution >= 4 is 23.4 Å². The first kappa shape index (κ1) is 19.8. The van der Waals surface area contributed by atoms with Gasteiger partial charge in [0.15, 0.2) is 4.80 Å². The van der Waals surface area contributed by atoms with Crippen LogP contribution in [0.4, 0.5) is 0 Å². The third-order valence-electron chi connectivity index (χ3n) is 4.96. The first-order chi connectivity index (χ1) is 14.5. The molecule has 2 aromatic carbocycles. The molecule has 0 amide bonds. The Kier molecular flexibility index (Phi) is 5.37. The van der Waals surface area contributed by atoms with Crippen LogP contribution in [-0.4, -0.2) is 24.8 Å². The highest BCUT2D eigenvalue weighted by molar-refractivity contribution is 7.07. The van der Waals surface area contributed by atoms with Gasteiger partial charge in [-0.2, -0.15) is 0 Å². The molecule has 1 aliphatic rings. The quantitative estimate of drug-likeness (QED) is 0.608. The summed E-state index contributed by atoms with van der Waals surface area (Å²) in [4.78, 5) is 31.0. The molecule has 6 nitrogen and oxygen atoms in total. The summed E-state index contributed by atoms with van der Waals surface area (Å²) in [5.41, 5.74) is 2.42. The highest BCUT2D eigenvalue weighted by Gasteiger charge is 2.32. The van der Waals surface area contributed by atoms with Crippen LogP contribution < -0.4 is 19.6 Å². The largest absolute Gasteiger partial charge is 0.497 e. The monoisotopic (exact) mass is 420 g/mol. The predicted octanol–water partition coefficient (Wildman–Crippen LogP) is 2.42. The van der Waals surface area contributed by atoms with Gasteiger partial charge in [0.05, 0.1) is 36.1 Å². The molecule has 0 spiro atoms. The Hall–Kier alpha value is -3.45. The van der Waals surface area contributed by atoms with Crippen molar-refractivity contribution in [3.63, 3.8) is 0 Å². The molecule has 152 valence electrons. The number of ether oxygens (including phenoxy) is 2. The summed E-state index contributed by atoms with van der Waals surface area (Å²) in [6.07, 6.45) is 1.82. The van der Waals surface area contributed by atoms with Crippen molar-refractivity contribution in [2.75, 3.05) is 14.2 Å². The van der Waals surface area contributed by atoms with Gasteiger partial charge in [-0.15, -0.1) is 0 Å². The number of aromatic nitrogens is 1. The van der Waals surface area contributed by atoms with Crippen LogP contribution in [0.2, 0.25) is 0 Å². The number of hydrogen-bond donors (Lipinski definition) is 0. The van der Waals surface area contributed by atoms with Crippen LogP contribution in [-0.2, 0) is 9.53 Å². The number of nitrogens with zero attached hydrogens (tertiary/aromatic N) is 2. The van der Waals surface area contributed by atoms with Gasteiger partial charge >= 0.3 is 5.97 Å². The standard InChI is InChI=1S/C23H20N2O4S/c1-14-19(22(27)29-3)20(16-7-5-4-6-8-16)25-21(26)18(30-23(25)24-14)13-15-9-11-17(28-2)12-10-15/h4-13,20H,1-3H3/b18-13+/t20-/m1/s1. The topological polar surface area (TPSA) is 69.9 Å². The van der Waals surface area contributed by atoms with Crippen molar-refractivity contribution in [1.82, 2.24) is 4.57 Å². The molecule has 0 N–H and O–H groups in total. The molecule has 0 fully saturated rings. The lowest BCUT2D eigenvalue weighted by Gasteiger charge is -2.24. The van der Waals surface area contributed by atoms with E-state index < -0.39 is 12.0 Å². The summed E-state index contributed by atoms with van der Waals surface area (Å²) < 4.78 is 12.3. The van der Waals surface area contributed by atoms with E-state index in [9.17, 15) is 9.59 Å². The summed E-state index contributed by atoms with van der Waals surface area (Å²) in [5.74, 6) is 0.255. The van der Waals surface area contributed by atoms with Gasteiger partial charge in [-0.3, -0.25) is 9.36 Å². The lowest BCUT2D eigenvalue weighted by Crippen LogP contribution is -2.39. The number of hydrogen-bond acceptors (Lipinski definition) is 6. The molecule has 1 aliphatic heterocycles. The lowest BCUT2D eigenvalue weighted by atomic mass is 9.96. The molecule has 7 heteroatoms. The highest BCUT2D eigenvalue weighted by Crippen LogP contribution is 2.30. The summed E-state index contributed by atoms with van der Waals surface area (Å²) >= 11 is 1.30. The molecule has 0 radical (unpaired) electrons. The molecule has 4 rings (SSSR count). The minimum Gasteiger partial charge on any atom is -0.497 e. The predicted molar refractivity (Wildman–Crippen MR) is 115 cm³/mol. The van der Waals surface area contributed by atoms with E-state index in [-0.39, 0.29) is 5.56 Å². The molecule has 30 heavy (non-hydrogen) atoms. The normalized spacial score (nSPS) is 16.1. The zero-order valence-corrected chi connectivity index (χ0v) is 17.6. The summed E-state index contributed by atoms with van der Waals surface area (Å²) in [6.45, 7) is 1.77. The van der Waals surface area contributed by atoms with E-state index in [1.54, 1.807) is 18.6 Å². The maximum Gasteiger partial charge on any atom is 0.338 e. The van der Waals surface area contributed by atoms with Crippen molar-refractivity contribution in [1.29, 1.82) is 0 Å². The Morgan fingerprint density at radius 3 is 2.43 bits per heavy atom. The first-order valence-electron chi connectivity index (χ1n) is 9.33. The van der Waals surface area contributed by atoms with E-state index in [2.05, 4.69) is 4.99 Å². The zero-order chi connectivity index (χ0) is 21.3. The van der Waals surface area contributed by atoms with Crippen LogP contribution in [0.5, 0.6) is 5.75 Å². The minimum absolute atomic E-state index is 0.197. The van der Waals surface area contributed by atoms with Gasteiger partial charge in [0.2, 0.25) is 0 Å². The Balaban J connectivity index is 1.93. The maximum atomic E-state index is 13.4. The van der Waals surface area contributed by atoms with Gasteiger partial charge in [0, 0.05) is 0 Å². The minimum atomic E-state index is -0.590. The SMILES string of the molecule is COC(=O)C1=C(C)N=c2s/c(=C/c3ccc(OC)cc3)c(=O)n2[C@@H]1c1ccccc1. The second-order valence-electron chi connectivity index (χ2n) is 6.76. The Morgan fingerprint density at radius 1 is 1.10 bits per heavy atom. The summed E-state index contributed by atoms with van der Waals surface area (Å²) in [5, 5.41) is 0. The number of methoxy groups -OCH3 is 2. The molecule has 1 atom stereocenters. The highest BCUT2D eigenvalue weighted by atomic mass is 32.1. The van der Waals surface area contributed by atoms with Gasteiger partial charge in [-0.25, -0.2) is 9.79 Å². The van der Waals surface area contributed by atoms with E-state index >= 15 is 0 Å². The molecule has 0 bridgehead atoms. The fraction of sp³-hybridized carbons (Fsp3) is 0.174. The van der Waals surface area contributed by atoms with Crippen LogP contribution in [0.25, 0.3) is 6.08 Å². The molecule has 0 saturated heterocycles. The number of esters is 1.